The van der Waals surface area contributed by atoms with E-state index < -0.39 is 0 Å². The molecule has 3 heteroatoms. The predicted octanol–water partition coefficient (Wildman–Crippen LogP) is 3.65. The highest BCUT2D eigenvalue weighted by atomic mass is 35.5. The molecule has 0 saturated heterocycles. The van der Waals surface area contributed by atoms with Crippen molar-refractivity contribution in [2.45, 2.75) is 0 Å². The lowest BCUT2D eigenvalue weighted by molar-refractivity contribution is 1.68. The lowest BCUT2D eigenvalue weighted by Gasteiger charge is -2.00. The second-order valence-corrected chi connectivity index (χ2v) is 4.41. The van der Waals surface area contributed by atoms with Gasteiger partial charge in [0.25, 0.3) is 0 Å². The lowest BCUT2D eigenvalue weighted by atomic mass is 10.1. The Morgan fingerprint density at radius 2 is 1.85 bits per heavy atom. The van der Waals surface area contributed by atoms with Gasteiger partial charge in [0.05, 0.1) is 4.34 Å². The van der Waals surface area contributed by atoms with E-state index in [0.717, 1.165) is 20.5 Å². The van der Waals surface area contributed by atoms with Crippen molar-refractivity contribution >= 4 is 28.6 Å². The molecular formula is C10H8ClNS. The molecule has 2 N–H and O–H groups in total. The van der Waals surface area contributed by atoms with Gasteiger partial charge >= 0.3 is 0 Å². The molecule has 1 nitrogen and oxygen atoms in total. The molecule has 0 radical (unpaired) electrons. The minimum Gasteiger partial charge on any atom is -0.398 e. The van der Waals surface area contributed by atoms with E-state index in [1.54, 1.807) is 11.3 Å². The molecule has 2 rings (SSSR count). The summed E-state index contributed by atoms with van der Waals surface area (Å²) >= 11 is 7.38. The molecule has 0 bridgehead atoms. The first-order chi connectivity index (χ1) is 6.27. The number of nitrogen functional groups attached to an aromatic ring is 1. The second kappa shape index (κ2) is 3.40. The molecular weight excluding hydrogens is 202 g/mol. The van der Waals surface area contributed by atoms with Gasteiger partial charge in [-0.1, -0.05) is 29.8 Å². The Balaban J connectivity index is 2.52. The van der Waals surface area contributed by atoms with Crippen LogP contribution in [-0.4, -0.2) is 0 Å². The van der Waals surface area contributed by atoms with Crippen molar-refractivity contribution in [3.63, 3.8) is 0 Å². The summed E-state index contributed by atoms with van der Waals surface area (Å²) in [6.07, 6.45) is 0. The minimum atomic E-state index is 0.790. The molecule has 13 heavy (non-hydrogen) atoms. The maximum absolute atomic E-state index is 5.84. The Hall–Kier alpha value is -0.990. The molecule has 0 unspecified atom stereocenters. The number of thiophene rings is 1. The quantitative estimate of drug-likeness (QED) is 0.713. The molecule has 1 aromatic carbocycles. The van der Waals surface area contributed by atoms with Crippen molar-refractivity contribution < 1.29 is 0 Å². The third kappa shape index (κ3) is 1.69. The van der Waals surface area contributed by atoms with Crippen LogP contribution in [0.5, 0.6) is 0 Å². The standard InChI is InChI=1S/C10H8ClNS/c11-10-6-5-9(13-10)7-3-1-2-4-8(7)12/h1-6H,12H2. The molecule has 0 fully saturated rings. The normalized spacial score (nSPS) is 10.2. The Bertz CT molecular complexity index is 422. The van der Waals surface area contributed by atoms with E-state index in [-0.39, 0.29) is 0 Å². The van der Waals surface area contributed by atoms with Crippen LogP contribution >= 0.6 is 22.9 Å². The third-order valence-corrected chi connectivity index (χ3v) is 3.06. The van der Waals surface area contributed by atoms with Crippen LogP contribution in [-0.2, 0) is 0 Å². The Kier molecular flexibility index (Phi) is 2.25. The van der Waals surface area contributed by atoms with Gasteiger partial charge in [0.15, 0.2) is 0 Å². The van der Waals surface area contributed by atoms with Crippen molar-refractivity contribution in [3.05, 3.63) is 40.7 Å². The monoisotopic (exact) mass is 209 g/mol. The van der Waals surface area contributed by atoms with E-state index in [2.05, 4.69) is 0 Å². The van der Waals surface area contributed by atoms with Gasteiger partial charge in [-0.05, 0) is 18.2 Å². The van der Waals surface area contributed by atoms with Crippen LogP contribution in [0.1, 0.15) is 0 Å². The highest BCUT2D eigenvalue weighted by molar-refractivity contribution is 7.19. The molecule has 1 aromatic heterocycles. The fraction of sp³-hybridized carbons (Fsp3) is 0. The van der Waals surface area contributed by atoms with E-state index in [0.29, 0.717) is 0 Å². The number of nitrogens with two attached hydrogens (primary N) is 1. The van der Waals surface area contributed by atoms with Crippen LogP contribution in [0.4, 0.5) is 5.69 Å². The first-order valence-electron chi connectivity index (χ1n) is 3.87. The van der Waals surface area contributed by atoms with Crippen LogP contribution in [0.25, 0.3) is 10.4 Å². The first kappa shape index (κ1) is 8.60. The smallest absolute Gasteiger partial charge is 0.0934 e. The van der Waals surface area contributed by atoms with Crippen molar-refractivity contribution in [3.8, 4) is 10.4 Å². The van der Waals surface area contributed by atoms with Crippen molar-refractivity contribution in [2.75, 3.05) is 5.73 Å². The predicted molar refractivity (Wildman–Crippen MR) is 59.2 cm³/mol. The number of rotatable bonds is 1. The Morgan fingerprint density at radius 1 is 1.08 bits per heavy atom. The number of benzene rings is 1. The summed E-state index contributed by atoms with van der Waals surface area (Å²) in [5.74, 6) is 0. The van der Waals surface area contributed by atoms with E-state index in [9.17, 15) is 0 Å². The highest BCUT2D eigenvalue weighted by Crippen LogP contribution is 2.33. The molecule has 0 aliphatic rings. The zero-order chi connectivity index (χ0) is 9.26. The molecule has 0 aliphatic heterocycles. The van der Waals surface area contributed by atoms with Crippen LogP contribution in [0.3, 0.4) is 0 Å². The topological polar surface area (TPSA) is 26.0 Å². The maximum atomic E-state index is 5.84. The third-order valence-electron chi connectivity index (χ3n) is 1.80. The van der Waals surface area contributed by atoms with E-state index in [1.807, 2.05) is 36.4 Å². The number of hydrogen-bond donors (Lipinski definition) is 1. The SMILES string of the molecule is Nc1ccccc1-c1ccc(Cl)s1. The number of halogens is 1. The molecule has 0 amide bonds. The number of hydrogen-bond acceptors (Lipinski definition) is 2. The summed E-state index contributed by atoms with van der Waals surface area (Å²) in [6, 6.07) is 11.7. The van der Waals surface area contributed by atoms with Crippen LogP contribution in [0.2, 0.25) is 4.34 Å². The van der Waals surface area contributed by atoms with Gasteiger partial charge in [-0.3, -0.25) is 0 Å². The Labute approximate surface area is 85.8 Å². The fourth-order valence-corrected chi connectivity index (χ4v) is 2.27. The van der Waals surface area contributed by atoms with Crippen LogP contribution in [0.15, 0.2) is 36.4 Å². The first-order valence-corrected chi connectivity index (χ1v) is 5.07. The highest BCUT2D eigenvalue weighted by Gasteiger charge is 2.03. The summed E-state index contributed by atoms with van der Waals surface area (Å²) in [4.78, 5) is 1.11. The number of anilines is 1. The zero-order valence-electron chi connectivity index (χ0n) is 6.83. The van der Waals surface area contributed by atoms with E-state index >= 15 is 0 Å². The summed E-state index contributed by atoms with van der Waals surface area (Å²) in [5, 5.41) is 0. The summed E-state index contributed by atoms with van der Waals surface area (Å²) < 4.78 is 0.790. The number of para-hydroxylation sites is 1. The molecule has 0 saturated carbocycles. The minimum absolute atomic E-state index is 0.790. The van der Waals surface area contributed by atoms with Crippen LogP contribution in [0, 0.1) is 0 Å². The van der Waals surface area contributed by atoms with E-state index in [1.165, 1.54) is 0 Å². The molecule has 1 heterocycles. The van der Waals surface area contributed by atoms with Gasteiger partial charge in [0.2, 0.25) is 0 Å². The van der Waals surface area contributed by atoms with Gasteiger partial charge in [-0.15, -0.1) is 11.3 Å². The molecule has 0 atom stereocenters. The van der Waals surface area contributed by atoms with E-state index in [4.69, 9.17) is 17.3 Å². The van der Waals surface area contributed by atoms with Gasteiger partial charge in [0, 0.05) is 16.1 Å². The molecule has 0 aliphatic carbocycles. The van der Waals surface area contributed by atoms with Gasteiger partial charge in [0.1, 0.15) is 0 Å². The Morgan fingerprint density at radius 3 is 2.46 bits per heavy atom. The van der Waals surface area contributed by atoms with Gasteiger partial charge < -0.3 is 5.73 Å². The summed E-state index contributed by atoms with van der Waals surface area (Å²) in [6.45, 7) is 0. The van der Waals surface area contributed by atoms with Crippen LogP contribution < -0.4 is 5.73 Å². The maximum Gasteiger partial charge on any atom is 0.0934 e. The molecule has 66 valence electrons. The van der Waals surface area contributed by atoms with Crippen molar-refractivity contribution in [1.82, 2.24) is 0 Å². The van der Waals surface area contributed by atoms with Gasteiger partial charge in [-0.2, -0.15) is 0 Å². The average molecular weight is 210 g/mol. The van der Waals surface area contributed by atoms with Crippen molar-refractivity contribution in [2.24, 2.45) is 0 Å². The molecule has 0 spiro atoms. The average Bonchev–Trinajstić information content (AvgIpc) is 2.53. The second-order valence-electron chi connectivity index (χ2n) is 2.69. The molecule has 2 aromatic rings. The van der Waals surface area contributed by atoms with Gasteiger partial charge in [-0.25, -0.2) is 0 Å². The summed E-state index contributed by atoms with van der Waals surface area (Å²) in [5.41, 5.74) is 7.67. The largest absolute Gasteiger partial charge is 0.398 e. The fourth-order valence-electron chi connectivity index (χ4n) is 1.18. The summed E-state index contributed by atoms with van der Waals surface area (Å²) in [7, 11) is 0. The zero-order valence-corrected chi connectivity index (χ0v) is 8.40. The van der Waals surface area contributed by atoms with Crippen molar-refractivity contribution in [1.29, 1.82) is 0 Å². The lowest BCUT2D eigenvalue weighted by Crippen LogP contribution is -1.86.